The van der Waals surface area contributed by atoms with Crippen molar-refractivity contribution in [2.75, 3.05) is 41.5 Å². The van der Waals surface area contributed by atoms with Crippen molar-refractivity contribution in [2.45, 2.75) is 109 Å². The molecule has 2 aliphatic rings. The van der Waals surface area contributed by atoms with E-state index in [1.54, 1.807) is 30.9 Å². The number of hydrogen-bond acceptors (Lipinski definition) is 9. The summed E-state index contributed by atoms with van der Waals surface area (Å²) >= 11 is 0. The zero-order valence-electron chi connectivity index (χ0n) is 38.0. The quantitative estimate of drug-likeness (QED) is 0.114. The van der Waals surface area contributed by atoms with Crippen LogP contribution in [0.4, 0.5) is 0 Å². The van der Waals surface area contributed by atoms with Crippen LogP contribution in [0.3, 0.4) is 0 Å². The highest BCUT2D eigenvalue weighted by Gasteiger charge is 2.43. The van der Waals surface area contributed by atoms with Crippen molar-refractivity contribution in [3.05, 3.63) is 95.6 Å². The normalized spacial score (nSPS) is 18.1. The van der Waals surface area contributed by atoms with Crippen molar-refractivity contribution in [3.63, 3.8) is 0 Å². The van der Waals surface area contributed by atoms with Gasteiger partial charge in [-0.1, -0.05) is 120 Å². The van der Waals surface area contributed by atoms with E-state index in [0.29, 0.717) is 13.0 Å². The molecule has 1 aliphatic carbocycles. The van der Waals surface area contributed by atoms with Crippen molar-refractivity contribution in [3.8, 4) is 11.1 Å². The number of nitrogens with zero attached hydrogens (tertiary/aromatic N) is 2. The summed E-state index contributed by atoms with van der Waals surface area (Å²) in [5.41, 5.74) is 5.40. The van der Waals surface area contributed by atoms with Crippen molar-refractivity contribution in [2.24, 2.45) is 23.7 Å². The van der Waals surface area contributed by atoms with E-state index in [1.165, 1.54) is 14.2 Å². The Balaban J connectivity index is 1.25. The van der Waals surface area contributed by atoms with E-state index in [-0.39, 0.29) is 61.3 Å². The molecular weight excluding hydrogens is 787 g/mol. The highest BCUT2D eigenvalue weighted by molar-refractivity contribution is 5.87. The predicted octanol–water partition coefficient (Wildman–Crippen LogP) is 6.83. The maximum Gasteiger partial charge on any atom is 0.328 e. The van der Waals surface area contributed by atoms with Gasteiger partial charge in [-0.15, -0.1) is 0 Å². The molecule has 8 atom stereocenters. The first-order valence-electron chi connectivity index (χ1n) is 22.1. The summed E-state index contributed by atoms with van der Waals surface area (Å²) in [6, 6.07) is 24.0. The fraction of sp³-hybridized carbons (Fsp3) is 0.540. The van der Waals surface area contributed by atoms with Gasteiger partial charge in [0.15, 0.2) is 0 Å². The van der Waals surface area contributed by atoms with Gasteiger partial charge in [-0.3, -0.25) is 19.2 Å². The summed E-state index contributed by atoms with van der Waals surface area (Å²) in [4.78, 5) is 72.3. The molecule has 0 radical (unpaired) electrons. The molecule has 0 unspecified atom stereocenters. The summed E-state index contributed by atoms with van der Waals surface area (Å²) in [5.74, 6) is -3.40. The van der Waals surface area contributed by atoms with E-state index in [9.17, 15) is 24.0 Å². The Morgan fingerprint density at radius 1 is 0.823 bits per heavy atom. The first-order chi connectivity index (χ1) is 29.8. The van der Waals surface area contributed by atoms with E-state index in [4.69, 9.17) is 18.9 Å². The second kappa shape index (κ2) is 22.3. The number of hydrogen-bond donors (Lipinski definition) is 1. The van der Waals surface area contributed by atoms with Crippen LogP contribution in [-0.2, 0) is 49.3 Å². The Labute approximate surface area is 368 Å². The molecule has 0 aromatic heterocycles. The smallest absolute Gasteiger partial charge is 0.328 e. The van der Waals surface area contributed by atoms with Gasteiger partial charge in [0.05, 0.1) is 56.1 Å². The number of fused-ring (bicyclic) bond motifs is 3. The summed E-state index contributed by atoms with van der Waals surface area (Å²) in [6.45, 7) is 10.3. The molecule has 1 saturated heterocycles. The molecule has 0 spiro atoms. The van der Waals surface area contributed by atoms with Gasteiger partial charge in [0, 0.05) is 40.2 Å². The van der Waals surface area contributed by atoms with Gasteiger partial charge in [0.2, 0.25) is 17.7 Å². The van der Waals surface area contributed by atoms with Crippen LogP contribution in [-0.4, -0.2) is 111 Å². The number of carbonyl (C=O) groups is 5. The SMILES string of the molecule is CC[C@H](C)[C@@H]([C@@H](CC(=O)N1CCC[C@H]1[C@H](OC)[C@@H](C)C(=O)N[C@@H](Cc1ccccc1)C(=O)OC)OC)N(C)C(=O)[C@@H](CC(=O)OCC1c2ccccc2-c2ccccc21)C(C)C. The van der Waals surface area contributed by atoms with Gasteiger partial charge in [-0.25, -0.2) is 4.79 Å². The van der Waals surface area contributed by atoms with Crippen molar-refractivity contribution < 1.29 is 42.9 Å². The second-order valence-corrected chi connectivity index (χ2v) is 17.3. The monoisotopic (exact) mass is 853 g/mol. The molecule has 12 nitrogen and oxygen atoms in total. The van der Waals surface area contributed by atoms with E-state index in [0.717, 1.165) is 40.7 Å². The Morgan fingerprint density at radius 2 is 1.44 bits per heavy atom. The van der Waals surface area contributed by atoms with Crippen LogP contribution in [0.2, 0.25) is 0 Å². The molecule has 1 N–H and O–H groups in total. The Hall–Kier alpha value is -5.07. The van der Waals surface area contributed by atoms with Crippen LogP contribution in [0.5, 0.6) is 0 Å². The van der Waals surface area contributed by atoms with Crippen LogP contribution < -0.4 is 5.32 Å². The lowest BCUT2D eigenvalue weighted by molar-refractivity contribution is -0.153. The molecular formula is C50H67N3O9. The Kier molecular flexibility index (Phi) is 17.3. The third kappa shape index (κ3) is 11.1. The van der Waals surface area contributed by atoms with E-state index >= 15 is 0 Å². The standard InChI is InChI=1S/C50H67N3O9/c1-10-32(4)46(52(6)49(57)39(31(2)3)28-45(55)62-30-40-37-23-16-14-21-35(37)36-22-15-17-24-38(36)40)43(59-7)29-44(54)53-26-18-25-42(53)47(60-8)33(5)48(56)51-41(50(58)61-9)27-34-19-12-11-13-20-34/h11-17,19-24,31-33,39-43,46-47H,10,18,25-30H2,1-9H3,(H,51,56)/t32-,33+,39-,41-,42-,43+,46-,47+/m0/s1. The van der Waals surface area contributed by atoms with E-state index in [1.807, 2.05) is 82.3 Å². The third-order valence-corrected chi connectivity index (χ3v) is 13.2. The van der Waals surface area contributed by atoms with Crippen LogP contribution in [0.1, 0.15) is 89.3 Å². The molecule has 1 heterocycles. The van der Waals surface area contributed by atoms with Gasteiger partial charge in [0.25, 0.3) is 0 Å². The van der Waals surface area contributed by atoms with Gasteiger partial charge >= 0.3 is 11.9 Å². The molecule has 1 fully saturated rings. The second-order valence-electron chi connectivity index (χ2n) is 17.3. The average molecular weight is 854 g/mol. The van der Waals surface area contributed by atoms with Crippen LogP contribution in [0, 0.1) is 23.7 Å². The molecule has 5 rings (SSSR count). The highest BCUT2D eigenvalue weighted by Crippen LogP contribution is 2.44. The van der Waals surface area contributed by atoms with Crippen LogP contribution in [0.25, 0.3) is 11.1 Å². The van der Waals surface area contributed by atoms with Crippen molar-refractivity contribution in [1.29, 1.82) is 0 Å². The number of nitrogens with one attached hydrogen (secondary N) is 1. The number of likely N-dealkylation sites (tertiary alicyclic amines) is 1. The molecule has 62 heavy (non-hydrogen) atoms. The topological polar surface area (TPSA) is 141 Å². The Bertz CT molecular complexity index is 1940. The maximum atomic E-state index is 14.5. The van der Waals surface area contributed by atoms with Gasteiger partial charge in [-0.2, -0.15) is 0 Å². The predicted molar refractivity (Wildman–Crippen MR) is 238 cm³/mol. The van der Waals surface area contributed by atoms with Crippen molar-refractivity contribution >= 4 is 29.7 Å². The summed E-state index contributed by atoms with van der Waals surface area (Å²) < 4.78 is 23.0. The van der Waals surface area contributed by atoms with E-state index < -0.39 is 54.1 Å². The Morgan fingerprint density at radius 3 is 2.00 bits per heavy atom. The minimum absolute atomic E-state index is 0.00312. The summed E-state index contributed by atoms with van der Waals surface area (Å²) in [6.07, 6.45) is 0.939. The lowest BCUT2D eigenvalue weighted by Gasteiger charge is -2.40. The van der Waals surface area contributed by atoms with Gasteiger partial charge in [0.1, 0.15) is 12.6 Å². The molecule has 0 saturated carbocycles. The number of esters is 2. The molecule has 3 aromatic rings. The molecule has 1 aliphatic heterocycles. The summed E-state index contributed by atoms with van der Waals surface area (Å²) in [5, 5.41) is 2.87. The molecule has 0 bridgehead atoms. The number of carbonyl (C=O) groups excluding carboxylic acids is 5. The number of likely N-dealkylation sites (N-methyl/N-ethyl adjacent to an activating group) is 1. The van der Waals surface area contributed by atoms with Crippen LogP contribution in [0.15, 0.2) is 78.9 Å². The first-order valence-corrected chi connectivity index (χ1v) is 22.1. The molecule has 3 aromatic carbocycles. The fourth-order valence-electron chi connectivity index (χ4n) is 9.52. The fourth-order valence-corrected chi connectivity index (χ4v) is 9.52. The average Bonchev–Trinajstić information content (AvgIpc) is 3.90. The van der Waals surface area contributed by atoms with Crippen LogP contribution >= 0.6 is 0 Å². The minimum Gasteiger partial charge on any atom is -0.467 e. The lowest BCUT2D eigenvalue weighted by Crippen LogP contribution is -2.55. The number of amides is 3. The molecule has 3 amide bonds. The molecule has 336 valence electrons. The van der Waals surface area contributed by atoms with E-state index in [2.05, 4.69) is 29.6 Å². The highest BCUT2D eigenvalue weighted by atomic mass is 16.5. The number of methoxy groups -OCH3 is 3. The summed E-state index contributed by atoms with van der Waals surface area (Å²) in [7, 11) is 6.12. The lowest BCUT2D eigenvalue weighted by atomic mass is 9.86. The number of ether oxygens (including phenoxy) is 4. The number of rotatable bonds is 21. The maximum absolute atomic E-state index is 14.5. The minimum atomic E-state index is -0.898. The largest absolute Gasteiger partial charge is 0.467 e. The molecule has 12 heteroatoms. The zero-order chi connectivity index (χ0) is 45.1. The third-order valence-electron chi connectivity index (χ3n) is 13.2. The van der Waals surface area contributed by atoms with Gasteiger partial charge in [-0.05, 0) is 52.5 Å². The van der Waals surface area contributed by atoms with Gasteiger partial charge < -0.3 is 34.1 Å². The van der Waals surface area contributed by atoms with Crippen molar-refractivity contribution in [1.82, 2.24) is 15.1 Å². The number of benzene rings is 3. The zero-order valence-corrected chi connectivity index (χ0v) is 38.0. The first kappa shape index (κ1) is 48.0.